The highest BCUT2D eigenvalue weighted by molar-refractivity contribution is 6.84. The summed E-state index contributed by atoms with van der Waals surface area (Å²) in [6, 6.07) is 17.0. The topological polar surface area (TPSA) is 55.4 Å². The van der Waals surface area contributed by atoms with Gasteiger partial charge in [-0.25, -0.2) is 0 Å². The Morgan fingerprint density at radius 1 is 0.467 bits per heavy atom. The largest absolute Gasteiger partial charge is 0.415 e. The third-order valence-electron chi connectivity index (χ3n) is 8.43. The highest BCUT2D eigenvalue weighted by atomic mass is 28.5. The van der Waals surface area contributed by atoms with Crippen molar-refractivity contribution in [1.29, 1.82) is 0 Å². The Balaban J connectivity index is 1.78. The van der Waals surface area contributed by atoms with E-state index in [0.717, 1.165) is 24.3 Å². The average molecular weight is 677 g/mol. The summed E-state index contributed by atoms with van der Waals surface area (Å²) in [4.78, 5) is 0. The molecule has 2 atom stereocenters. The van der Waals surface area contributed by atoms with Gasteiger partial charge in [-0.05, 0) is 84.2 Å². The monoisotopic (exact) mass is 676 g/mol. The van der Waals surface area contributed by atoms with Crippen LogP contribution in [0.25, 0.3) is 0 Å². The van der Waals surface area contributed by atoms with Crippen molar-refractivity contribution >= 4 is 25.7 Å². The third kappa shape index (κ3) is 16.0. The van der Waals surface area contributed by atoms with Gasteiger partial charge in [-0.3, -0.25) is 0 Å². The van der Waals surface area contributed by atoms with Crippen molar-refractivity contribution in [3.63, 3.8) is 0 Å². The molecule has 2 aromatic rings. The van der Waals surface area contributed by atoms with E-state index in [1.807, 2.05) is 0 Å². The van der Waals surface area contributed by atoms with Gasteiger partial charge in [0.2, 0.25) is 0 Å². The summed E-state index contributed by atoms with van der Waals surface area (Å²) < 4.78 is 37.9. The molecule has 0 amide bonds. The first-order valence-electron chi connectivity index (χ1n) is 16.6. The summed E-state index contributed by atoms with van der Waals surface area (Å²) in [7, 11) is -7.39. The van der Waals surface area contributed by atoms with Crippen LogP contribution in [0.2, 0.25) is 39.3 Å². The van der Waals surface area contributed by atoms with Gasteiger partial charge in [0.05, 0.1) is 39.6 Å². The van der Waals surface area contributed by atoms with Crippen molar-refractivity contribution < 1.29 is 26.6 Å². The highest BCUT2D eigenvalue weighted by Gasteiger charge is 2.42. The molecule has 0 aliphatic rings. The predicted molar refractivity (Wildman–Crippen MR) is 194 cm³/mol. The molecule has 2 unspecified atom stereocenters. The number of benzene rings is 2. The molecule has 0 aromatic heterocycles. The van der Waals surface area contributed by atoms with Crippen LogP contribution < -0.4 is 0 Å². The van der Waals surface area contributed by atoms with Crippen LogP contribution in [0.5, 0.6) is 0 Å². The lowest BCUT2D eigenvalue weighted by molar-refractivity contribution is 0.0538. The first kappa shape index (κ1) is 40.0. The van der Waals surface area contributed by atoms with Gasteiger partial charge in [-0.1, -0.05) is 104 Å². The predicted octanol–water partition coefficient (Wildman–Crippen LogP) is 9.96. The van der Waals surface area contributed by atoms with Gasteiger partial charge < -0.3 is 26.6 Å². The molecule has 6 nitrogen and oxygen atoms in total. The van der Waals surface area contributed by atoms with E-state index >= 15 is 0 Å². The van der Waals surface area contributed by atoms with E-state index < -0.39 is 25.7 Å². The molecule has 256 valence electrons. The van der Waals surface area contributed by atoms with Crippen molar-refractivity contribution in [2.24, 2.45) is 22.7 Å². The second kappa shape index (κ2) is 16.8. The van der Waals surface area contributed by atoms with Gasteiger partial charge in [-0.2, -0.15) is 0 Å². The Morgan fingerprint density at radius 3 is 1.00 bits per heavy atom. The molecule has 0 aliphatic heterocycles. The van der Waals surface area contributed by atoms with Crippen molar-refractivity contribution in [3.8, 4) is 0 Å². The van der Waals surface area contributed by atoms with Crippen LogP contribution in [0.15, 0.2) is 48.5 Å². The maximum Gasteiger partial charge on any atom is 0.323 e. The number of ether oxygens (including phenoxy) is 2. The Hall–Kier alpha value is -1.15. The van der Waals surface area contributed by atoms with Crippen molar-refractivity contribution in [2.45, 2.75) is 121 Å². The van der Waals surface area contributed by atoms with E-state index in [2.05, 4.69) is 143 Å². The number of rotatable bonds is 18. The highest BCUT2D eigenvalue weighted by Crippen LogP contribution is 2.27. The SMILES string of the molecule is CC(COCc1ccc(CO[Si](C)(C)O[Si](C)(C)O[Si](C)(C)OCc2ccc(COCC(C)C(C)(C)C)cc2)cc1)C(C)(C)C. The molecule has 0 saturated carbocycles. The van der Waals surface area contributed by atoms with E-state index in [1.165, 1.54) is 11.1 Å². The van der Waals surface area contributed by atoms with Gasteiger partial charge in [0.25, 0.3) is 0 Å². The molecule has 0 radical (unpaired) electrons. The van der Waals surface area contributed by atoms with Crippen LogP contribution in [-0.4, -0.2) is 38.9 Å². The zero-order valence-corrected chi connectivity index (χ0v) is 34.0. The van der Waals surface area contributed by atoms with E-state index in [4.69, 9.17) is 26.6 Å². The summed E-state index contributed by atoms with van der Waals surface area (Å²) in [5, 5.41) is 0. The number of hydrogen-bond acceptors (Lipinski definition) is 6. The number of hydrogen-bond donors (Lipinski definition) is 0. The van der Waals surface area contributed by atoms with Gasteiger partial charge in [-0.15, -0.1) is 0 Å². The second-order valence-corrected chi connectivity index (χ2v) is 26.8. The molecule has 45 heavy (non-hydrogen) atoms. The van der Waals surface area contributed by atoms with Crippen LogP contribution in [0.1, 0.15) is 77.6 Å². The van der Waals surface area contributed by atoms with Crippen molar-refractivity contribution in [2.75, 3.05) is 13.2 Å². The van der Waals surface area contributed by atoms with Gasteiger partial charge in [0.15, 0.2) is 0 Å². The summed E-state index contributed by atoms with van der Waals surface area (Å²) in [6.07, 6.45) is 0. The van der Waals surface area contributed by atoms with Gasteiger partial charge in [0, 0.05) is 0 Å². The van der Waals surface area contributed by atoms with Crippen LogP contribution in [0, 0.1) is 22.7 Å². The van der Waals surface area contributed by atoms with Gasteiger partial charge >= 0.3 is 25.7 Å². The maximum atomic E-state index is 6.61. The minimum atomic E-state index is -2.50. The third-order valence-corrected chi connectivity index (χ3v) is 18.0. The molecule has 0 saturated heterocycles. The Morgan fingerprint density at radius 2 is 0.733 bits per heavy atom. The standard InChI is InChI=1S/C36H64O6Si3/c1-29(35(3,4)5)23-37-25-31-15-19-33(20-16-31)27-39-43(9,10)41-45(13,14)42-44(11,12)40-28-34-21-17-32(18-22-34)26-38-24-30(2)36(6,7)8/h15-22,29-30H,23-28H2,1-14H3. The van der Waals surface area contributed by atoms with E-state index in [-0.39, 0.29) is 10.8 Å². The molecule has 0 heterocycles. The molecule has 0 fully saturated rings. The maximum absolute atomic E-state index is 6.61. The van der Waals surface area contributed by atoms with Crippen molar-refractivity contribution in [1.82, 2.24) is 0 Å². The molecule has 2 aromatic carbocycles. The minimum absolute atomic E-state index is 0.251. The molecule has 9 heteroatoms. The Labute approximate surface area is 279 Å². The molecular weight excluding hydrogens is 613 g/mol. The summed E-state index contributed by atoms with van der Waals surface area (Å²) >= 11 is 0. The van der Waals surface area contributed by atoms with E-state index in [0.29, 0.717) is 38.3 Å². The Bertz CT molecular complexity index is 1050. The lowest BCUT2D eigenvalue weighted by Crippen LogP contribution is -2.54. The summed E-state index contributed by atoms with van der Waals surface area (Å²) in [6.45, 7) is 34.4. The average Bonchev–Trinajstić information content (AvgIpc) is 2.90. The van der Waals surface area contributed by atoms with E-state index in [1.54, 1.807) is 0 Å². The smallest absolute Gasteiger partial charge is 0.323 e. The normalized spacial score (nSPS) is 14.9. The second-order valence-electron chi connectivity index (χ2n) is 16.2. The van der Waals surface area contributed by atoms with Crippen molar-refractivity contribution in [3.05, 3.63) is 70.8 Å². The van der Waals surface area contributed by atoms with E-state index in [9.17, 15) is 0 Å². The fourth-order valence-corrected chi connectivity index (χ4v) is 16.0. The quantitative estimate of drug-likeness (QED) is 0.147. The summed E-state index contributed by atoms with van der Waals surface area (Å²) in [5.74, 6) is 1.01. The fourth-order valence-electron chi connectivity index (χ4n) is 4.45. The summed E-state index contributed by atoms with van der Waals surface area (Å²) in [5.41, 5.74) is 5.10. The van der Waals surface area contributed by atoms with Crippen LogP contribution in [-0.2, 0) is 53.0 Å². The minimum Gasteiger partial charge on any atom is -0.415 e. The molecule has 0 bridgehead atoms. The zero-order valence-electron chi connectivity index (χ0n) is 31.0. The molecule has 0 aliphatic carbocycles. The van der Waals surface area contributed by atoms with Gasteiger partial charge in [0.1, 0.15) is 0 Å². The first-order chi connectivity index (χ1) is 20.6. The van der Waals surface area contributed by atoms with Crippen LogP contribution in [0.3, 0.4) is 0 Å². The van der Waals surface area contributed by atoms with Crippen LogP contribution in [0.4, 0.5) is 0 Å². The zero-order chi connectivity index (χ0) is 34.1. The molecular formula is C36H64O6Si3. The lowest BCUT2D eigenvalue weighted by atomic mass is 9.83. The molecule has 0 spiro atoms. The van der Waals surface area contributed by atoms with Crippen LogP contribution >= 0.6 is 0 Å². The first-order valence-corrected chi connectivity index (χ1v) is 25.0. The molecule has 0 N–H and O–H groups in total. The fraction of sp³-hybridized carbons (Fsp3) is 0.667. The molecule has 2 rings (SSSR count). The lowest BCUT2D eigenvalue weighted by Gasteiger charge is -2.37. The Kier molecular flexibility index (Phi) is 14.9.